The molecule has 148 valence electrons. The molecule has 4 heterocycles. The van der Waals surface area contributed by atoms with Crippen LogP contribution in [0.5, 0.6) is 0 Å². The van der Waals surface area contributed by atoms with Gasteiger partial charge in [0.05, 0.1) is 27.3 Å². The number of aryl methyl sites for hydroxylation is 1. The summed E-state index contributed by atoms with van der Waals surface area (Å²) in [6.07, 6.45) is 9.87. The normalized spacial score (nSPS) is 15.4. The van der Waals surface area contributed by atoms with Crippen LogP contribution in [0.1, 0.15) is 24.3 Å². The second kappa shape index (κ2) is 6.57. The van der Waals surface area contributed by atoms with E-state index in [0.717, 1.165) is 57.0 Å². The standard InChI is InChI=1S/C19H18ClN7OS/c1-27-9-10(6-24-27)13-5-11-15(12(20)7-22-16(11)25-13)14-8-23-17(29-14)19(3-2-4-19)26-18(21)28/h5-9H,2-4H2,1H3,(H,22,25)(H3,21,26,28). The average Bonchev–Trinajstić information content (AvgIpc) is 3.36. The van der Waals surface area contributed by atoms with Crippen LogP contribution in [0.3, 0.4) is 0 Å². The molecular formula is C19H18ClN7OS. The van der Waals surface area contributed by atoms with Gasteiger partial charge in [0.15, 0.2) is 0 Å². The lowest BCUT2D eigenvalue weighted by molar-refractivity contribution is 0.182. The molecule has 4 aromatic rings. The highest BCUT2D eigenvalue weighted by Crippen LogP contribution is 2.46. The summed E-state index contributed by atoms with van der Waals surface area (Å²) < 4.78 is 1.75. The molecule has 0 bridgehead atoms. The number of nitrogens with one attached hydrogen (secondary N) is 2. The minimum atomic E-state index is -0.530. The van der Waals surface area contributed by atoms with Gasteiger partial charge in [-0.25, -0.2) is 14.8 Å². The van der Waals surface area contributed by atoms with Crippen LogP contribution in [0.25, 0.3) is 32.7 Å². The van der Waals surface area contributed by atoms with Gasteiger partial charge in [-0.15, -0.1) is 11.3 Å². The van der Waals surface area contributed by atoms with Gasteiger partial charge in [0, 0.05) is 42.2 Å². The second-order valence-corrected chi connectivity index (χ2v) is 8.72. The van der Waals surface area contributed by atoms with Crippen LogP contribution in [0.15, 0.2) is 30.9 Å². The van der Waals surface area contributed by atoms with Crippen LogP contribution in [0.4, 0.5) is 4.79 Å². The molecule has 1 aliphatic rings. The topological polar surface area (TPSA) is 115 Å². The molecule has 0 atom stereocenters. The Labute approximate surface area is 175 Å². The summed E-state index contributed by atoms with van der Waals surface area (Å²) >= 11 is 8.07. The van der Waals surface area contributed by atoms with Crippen molar-refractivity contribution in [3.8, 4) is 21.7 Å². The van der Waals surface area contributed by atoms with E-state index in [1.165, 1.54) is 11.3 Å². The molecule has 0 radical (unpaired) electrons. The third kappa shape index (κ3) is 2.97. The van der Waals surface area contributed by atoms with E-state index in [9.17, 15) is 4.79 Å². The van der Waals surface area contributed by atoms with Crippen molar-refractivity contribution in [2.75, 3.05) is 0 Å². The molecule has 8 nitrogen and oxygen atoms in total. The maximum absolute atomic E-state index is 11.5. The number of carbonyl (C=O) groups excluding carboxylic acids is 1. The van der Waals surface area contributed by atoms with Crippen molar-refractivity contribution in [1.29, 1.82) is 0 Å². The largest absolute Gasteiger partial charge is 0.352 e. The fourth-order valence-corrected chi connectivity index (χ4v) is 5.29. The molecule has 2 amide bonds. The Morgan fingerprint density at radius 2 is 2.17 bits per heavy atom. The fourth-order valence-electron chi connectivity index (χ4n) is 3.79. The molecule has 0 aromatic carbocycles. The van der Waals surface area contributed by atoms with Gasteiger partial charge in [-0.2, -0.15) is 5.10 Å². The average molecular weight is 428 g/mol. The summed E-state index contributed by atoms with van der Waals surface area (Å²) in [5, 5.41) is 9.42. The van der Waals surface area contributed by atoms with Crippen molar-refractivity contribution in [2.24, 2.45) is 12.8 Å². The van der Waals surface area contributed by atoms with Gasteiger partial charge >= 0.3 is 6.03 Å². The highest BCUT2D eigenvalue weighted by atomic mass is 35.5. The van der Waals surface area contributed by atoms with E-state index in [4.69, 9.17) is 17.3 Å². The van der Waals surface area contributed by atoms with Gasteiger partial charge in [0.25, 0.3) is 0 Å². The summed E-state index contributed by atoms with van der Waals surface area (Å²) in [5.74, 6) is 0. The number of aromatic nitrogens is 5. The molecule has 5 rings (SSSR count). The zero-order valence-corrected chi connectivity index (χ0v) is 17.1. The molecule has 1 fully saturated rings. The van der Waals surface area contributed by atoms with Gasteiger partial charge in [-0.3, -0.25) is 4.68 Å². The number of hydrogen-bond donors (Lipinski definition) is 3. The van der Waals surface area contributed by atoms with Crippen molar-refractivity contribution >= 4 is 40.0 Å². The SMILES string of the molecule is Cn1cc(-c2cc3c(-c4cnc(C5(NC(N)=O)CCC5)s4)c(Cl)cnc3[nH]2)cn1. The van der Waals surface area contributed by atoms with Crippen LogP contribution < -0.4 is 11.1 Å². The lowest BCUT2D eigenvalue weighted by atomic mass is 9.77. The molecule has 10 heteroatoms. The lowest BCUT2D eigenvalue weighted by Gasteiger charge is -2.40. The van der Waals surface area contributed by atoms with Crippen LogP contribution >= 0.6 is 22.9 Å². The van der Waals surface area contributed by atoms with Gasteiger partial charge in [-0.1, -0.05) is 11.6 Å². The minimum absolute atomic E-state index is 0.466. The summed E-state index contributed by atoms with van der Waals surface area (Å²) in [7, 11) is 1.88. The first-order chi connectivity index (χ1) is 13.9. The smallest absolute Gasteiger partial charge is 0.312 e. The first-order valence-corrected chi connectivity index (χ1v) is 10.4. The van der Waals surface area contributed by atoms with Crippen LogP contribution in [-0.2, 0) is 12.6 Å². The Hall–Kier alpha value is -2.91. The van der Waals surface area contributed by atoms with E-state index in [1.807, 2.05) is 19.3 Å². The Bertz CT molecular complexity index is 1240. The Balaban J connectivity index is 1.60. The zero-order valence-electron chi connectivity index (χ0n) is 15.6. The minimum Gasteiger partial charge on any atom is -0.352 e. The van der Waals surface area contributed by atoms with Crippen molar-refractivity contribution in [3.63, 3.8) is 0 Å². The molecule has 1 saturated carbocycles. The summed E-state index contributed by atoms with van der Waals surface area (Å²) in [6.45, 7) is 0. The molecule has 4 N–H and O–H groups in total. The molecule has 1 aliphatic carbocycles. The molecule has 4 aromatic heterocycles. The van der Waals surface area contributed by atoms with Gasteiger partial charge in [-0.05, 0) is 25.3 Å². The number of urea groups is 1. The Morgan fingerprint density at radius 3 is 2.83 bits per heavy atom. The summed E-state index contributed by atoms with van der Waals surface area (Å²) in [5.41, 5.74) is 8.43. The van der Waals surface area contributed by atoms with Gasteiger partial charge in [0.1, 0.15) is 10.7 Å². The monoisotopic (exact) mass is 427 g/mol. The first kappa shape index (κ1) is 18.1. The van der Waals surface area contributed by atoms with Crippen LogP contribution in [-0.4, -0.2) is 30.8 Å². The highest BCUT2D eigenvalue weighted by molar-refractivity contribution is 7.15. The first-order valence-electron chi connectivity index (χ1n) is 9.16. The number of hydrogen-bond acceptors (Lipinski definition) is 5. The Morgan fingerprint density at radius 1 is 1.34 bits per heavy atom. The van der Waals surface area contributed by atoms with Crippen molar-refractivity contribution in [2.45, 2.75) is 24.8 Å². The maximum atomic E-state index is 11.5. The number of aromatic amines is 1. The summed E-state index contributed by atoms with van der Waals surface area (Å²) in [6, 6.07) is 1.50. The van der Waals surface area contributed by atoms with E-state index in [-0.39, 0.29) is 0 Å². The molecule has 0 spiro atoms. The van der Waals surface area contributed by atoms with Gasteiger partial charge < -0.3 is 16.0 Å². The number of pyridine rings is 1. The zero-order chi connectivity index (χ0) is 20.2. The Kier molecular flexibility index (Phi) is 4.11. The maximum Gasteiger partial charge on any atom is 0.312 e. The molecule has 0 unspecified atom stereocenters. The fraction of sp³-hybridized carbons (Fsp3) is 0.263. The number of H-pyrrole nitrogens is 1. The van der Waals surface area contributed by atoms with Crippen molar-refractivity contribution in [3.05, 3.63) is 40.9 Å². The number of carbonyl (C=O) groups is 1. The number of fused-ring (bicyclic) bond motifs is 1. The highest BCUT2D eigenvalue weighted by Gasteiger charge is 2.42. The number of rotatable bonds is 4. The number of nitrogens with two attached hydrogens (primary N) is 1. The molecule has 0 aliphatic heterocycles. The molecule has 0 saturated heterocycles. The van der Waals surface area contributed by atoms with Crippen molar-refractivity contribution in [1.82, 2.24) is 30.0 Å². The van der Waals surface area contributed by atoms with E-state index in [0.29, 0.717) is 5.02 Å². The van der Waals surface area contributed by atoms with Crippen LogP contribution in [0, 0.1) is 0 Å². The quantitative estimate of drug-likeness (QED) is 0.459. The van der Waals surface area contributed by atoms with E-state index < -0.39 is 11.6 Å². The predicted molar refractivity (Wildman–Crippen MR) is 113 cm³/mol. The molecule has 29 heavy (non-hydrogen) atoms. The van der Waals surface area contributed by atoms with Crippen LogP contribution in [0.2, 0.25) is 5.02 Å². The number of primary amides is 1. The third-order valence-electron chi connectivity index (χ3n) is 5.36. The van der Waals surface area contributed by atoms with E-state index in [2.05, 4.69) is 25.4 Å². The number of nitrogens with zero attached hydrogens (tertiary/aromatic N) is 4. The number of halogens is 1. The van der Waals surface area contributed by atoms with Gasteiger partial charge in [0.2, 0.25) is 0 Å². The second-order valence-electron chi connectivity index (χ2n) is 7.28. The van der Waals surface area contributed by atoms with E-state index >= 15 is 0 Å². The number of thiazole rings is 1. The number of amides is 2. The lowest BCUT2D eigenvalue weighted by Crippen LogP contribution is -2.52. The predicted octanol–water partition coefficient (Wildman–Crippen LogP) is 3.79. The molecular weight excluding hydrogens is 410 g/mol. The van der Waals surface area contributed by atoms with E-state index in [1.54, 1.807) is 23.3 Å². The van der Waals surface area contributed by atoms with Crippen molar-refractivity contribution < 1.29 is 4.79 Å². The third-order valence-corrected chi connectivity index (χ3v) is 6.86. The summed E-state index contributed by atoms with van der Waals surface area (Å²) in [4.78, 5) is 24.8.